The number of esters is 1. The Bertz CT molecular complexity index is 599. The van der Waals surface area contributed by atoms with Gasteiger partial charge in [0.2, 0.25) is 0 Å². The van der Waals surface area contributed by atoms with Gasteiger partial charge in [-0.15, -0.1) is 0 Å². The minimum absolute atomic E-state index is 0.171. The SMILES string of the molecule is CCOC(=O)C=Cc1ccc(O)c(O)c1C1(O)CCC(O)CC1. The van der Waals surface area contributed by atoms with Gasteiger partial charge < -0.3 is 25.2 Å². The van der Waals surface area contributed by atoms with E-state index in [1.165, 1.54) is 24.3 Å². The molecule has 0 radical (unpaired) electrons. The molecular formula is C17H22O6. The van der Waals surface area contributed by atoms with E-state index < -0.39 is 23.4 Å². The largest absolute Gasteiger partial charge is 0.504 e. The van der Waals surface area contributed by atoms with E-state index >= 15 is 0 Å². The first-order chi connectivity index (χ1) is 10.9. The fraction of sp³-hybridized carbons (Fsp3) is 0.471. The van der Waals surface area contributed by atoms with Crippen molar-refractivity contribution < 1.29 is 30.0 Å². The lowest BCUT2D eigenvalue weighted by atomic mass is 9.76. The summed E-state index contributed by atoms with van der Waals surface area (Å²) in [4.78, 5) is 11.5. The highest BCUT2D eigenvalue weighted by Crippen LogP contribution is 2.46. The van der Waals surface area contributed by atoms with Gasteiger partial charge in [-0.2, -0.15) is 0 Å². The summed E-state index contributed by atoms with van der Waals surface area (Å²) in [5.41, 5.74) is -0.770. The van der Waals surface area contributed by atoms with Crippen molar-refractivity contribution in [1.82, 2.24) is 0 Å². The van der Waals surface area contributed by atoms with Gasteiger partial charge in [0, 0.05) is 11.6 Å². The second-order valence-corrected chi connectivity index (χ2v) is 5.75. The van der Waals surface area contributed by atoms with Crippen molar-refractivity contribution in [2.75, 3.05) is 6.61 Å². The summed E-state index contributed by atoms with van der Waals surface area (Å²) in [6.07, 6.45) is 3.47. The Kier molecular flexibility index (Phi) is 5.28. The molecule has 126 valence electrons. The van der Waals surface area contributed by atoms with Gasteiger partial charge in [-0.05, 0) is 50.3 Å². The number of hydrogen-bond donors (Lipinski definition) is 4. The summed E-state index contributed by atoms with van der Waals surface area (Å²) < 4.78 is 4.81. The van der Waals surface area contributed by atoms with Crippen LogP contribution in [-0.2, 0) is 15.1 Å². The molecule has 0 spiro atoms. The summed E-state index contributed by atoms with van der Waals surface area (Å²) in [5, 5.41) is 40.5. The molecule has 0 heterocycles. The topological polar surface area (TPSA) is 107 Å². The highest BCUT2D eigenvalue weighted by Gasteiger charge is 2.38. The first kappa shape index (κ1) is 17.3. The third-order valence-corrected chi connectivity index (χ3v) is 4.12. The molecule has 0 aliphatic heterocycles. The number of benzene rings is 1. The lowest BCUT2D eigenvalue weighted by Crippen LogP contribution is -2.34. The average molecular weight is 322 g/mol. The van der Waals surface area contributed by atoms with E-state index in [1.54, 1.807) is 6.92 Å². The normalized spacial score (nSPS) is 24.7. The molecule has 0 atom stereocenters. The van der Waals surface area contributed by atoms with Gasteiger partial charge in [0.15, 0.2) is 11.5 Å². The first-order valence-corrected chi connectivity index (χ1v) is 7.68. The van der Waals surface area contributed by atoms with Crippen molar-refractivity contribution in [1.29, 1.82) is 0 Å². The summed E-state index contributed by atoms with van der Waals surface area (Å²) in [5.74, 6) is -1.28. The number of aliphatic hydroxyl groups is 2. The Morgan fingerprint density at radius 2 is 2.00 bits per heavy atom. The molecule has 1 aliphatic carbocycles. The molecule has 1 aromatic rings. The van der Waals surface area contributed by atoms with E-state index in [9.17, 15) is 25.2 Å². The molecule has 0 saturated heterocycles. The Labute approximate surface area is 134 Å². The van der Waals surface area contributed by atoms with Crippen molar-refractivity contribution in [3.8, 4) is 11.5 Å². The Hall–Kier alpha value is -2.05. The number of hydrogen-bond acceptors (Lipinski definition) is 6. The Morgan fingerprint density at radius 1 is 1.35 bits per heavy atom. The minimum Gasteiger partial charge on any atom is -0.504 e. The van der Waals surface area contributed by atoms with Crippen LogP contribution in [0.1, 0.15) is 43.7 Å². The first-order valence-electron chi connectivity index (χ1n) is 7.68. The van der Waals surface area contributed by atoms with Gasteiger partial charge in [-0.25, -0.2) is 4.79 Å². The maximum atomic E-state index is 11.5. The average Bonchev–Trinajstić information content (AvgIpc) is 2.52. The van der Waals surface area contributed by atoms with Crippen molar-refractivity contribution in [2.45, 2.75) is 44.3 Å². The summed E-state index contributed by atoms with van der Waals surface area (Å²) in [6.45, 7) is 1.94. The molecule has 0 unspecified atom stereocenters. The van der Waals surface area contributed by atoms with Crippen LogP contribution < -0.4 is 0 Å². The smallest absolute Gasteiger partial charge is 0.330 e. The zero-order valence-corrected chi connectivity index (χ0v) is 13.0. The fourth-order valence-electron chi connectivity index (χ4n) is 2.90. The van der Waals surface area contributed by atoms with E-state index in [2.05, 4.69) is 0 Å². The molecule has 1 fully saturated rings. The van der Waals surface area contributed by atoms with E-state index in [0.29, 0.717) is 18.4 Å². The van der Waals surface area contributed by atoms with Crippen molar-refractivity contribution in [3.63, 3.8) is 0 Å². The van der Waals surface area contributed by atoms with Gasteiger partial charge in [0.25, 0.3) is 0 Å². The number of carbonyl (C=O) groups excluding carboxylic acids is 1. The quantitative estimate of drug-likeness (QED) is 0.382. The molecule has 1 aromatic carbocycles. The van der Waals surface area contributed by atoms with Crippen LogP contribution in [0, 0.1) is 0 Å². The number of phenols is 2. The molecule has 4 N–H and O–H groups in total. The minimum atomic E-state index is -1.36. The maximum Gasteiger partial charge on any atom is 0.330 e. The summed E-state index contributed by atoms with van der Waals surface area (Å²) >= 11 is 0. The number of phenolic OH excluding ortho intramolecular Hbond substituents is 2. The fourth-order valence-corrected chi connectivity index (χ4v) is 2.90. The van der Waals surface area contributed by atoms with E-state index in [1.807, 2.05) is 0 Å². The van der Waals surface area contributed by atoms with E-state index in [-0.39, 0.29) is 30.8 Å². The molecular weight excluding hydrogens is 300 g/mol. The number of aliphatic hydroxyl groups excluding tert-OH is 1. The van der Waals surface area contributed by atoms with E-state index in [0.717, 1.165) is 0 Å². The number of carbonyl (C=O) groups is 1. The molecule has 1 aliphatic rings. The van der Waals surface area contributed by atoms with Gasteiger partial charge in [-0.1, -0.05) is 6.07 Å². The highest BCUT2D eigenvalue weighted by atomic mass is 16.5. The second-order valence-electron chi connectivity index (χ2n) is 5.75. The third kappa shape index (κ3) is 3.83. The number of ether oxygens (including phenoxy) is 1. The van der Waals surface area contributed by atoms with Crippen LogP contribution >= 0.6 is 0 Å². The van der Waals surface area contributed by atoms with Crippen LogP contribution in [0.25, 0.3) is 6.08 Å². The van der Waals surface area contributed by atoms with Crippen molar-refractivity contribution in [3.05, 3.63) is 29.3 Å². The second kappa shape index (κ2) is 7.02. The number of aromatic hydroxyl groups is 2. The zero-order valence-electron chi connectivity index (χ0n) is 13.0. The molecule has 6 nitrogen and oxygen atoms in total. The Balaban J connectivity index is 2.40. The molecule has 2 rings (SSSR count). The predicted octanol–water partition coefficient (Wildman–Crippen LogP) is 1.80. The predicted molar refractivity (Wildman–Crippen MR) is 83.8 cm³/mol. The molecule has 0 bridgehead atoms. The van der Waals surface area contributed by atoms with Crippen LogP contribution in [0.2, 0.25) is 0 Å². The lowest BCUT2D eigenvalue weighted by Gasteiger charge is -2.36. The van der Waals surface area contributed by atoms with Gasteiger partial charge >= 0.3 is 5.97 Å². The van der Waals surface area contributed by atoms with Gasteiger partial charge in [0.1, 0.15) is 0 Å². The molecule has 6 heteroatoms. The molecule has 1 saturated carbocycles. The Morgan fingerprint density at radius 3 is 2.61 bits per heavy atom. The highest BCUT2D eigenvalue weighted by molar-refractivity contribution is 5.87. The standard InChI is InChI=1S/C17H22O6/c1-2-23-14(20)6-4-11-3-5-13(19)16(21)15(11)17(22)9-7-12(18)8-10-17/h3-6,12,18-19,21-22H,2,7-10H2,1H3. The van der Waals surface area contributed by atoms with Crippen LogP contribution in [0.3, 0.4) is 0 Å². The van der Waals surface area contributed by atoms with Crippen LogP contribution in [0.5, 0.6) is 11.5 Å². The summed E-state index contributed by atoms with van der Waals surface area (Å²) in [6, 6.07) is 2.81. The number of rotatable bonds is 4. The summed E-state index contributed by atoms with van der Waals surface area (Å²) in [7, 11) is 0. The monoisotopic (exact) mass is 322 g/mol. The molecule has 0 amide bonds. The van der Waals surface area contributed by atoms with Crippen LogP contribution in [-0.4, -0.2) is 39.1 Å². The zero-order chi connectivity index (χ0) is 17.0. The molecule has 0 aromatic heterocycles. The maximum absolute atomic E-state index is 11.5. The van der Waals surface area contributed by atoms with Gasteiger partial charge in [-0.3, -0.25) is 0 Å². The van der Waals surface area contributed by atoms with Crippen LogP contribution in [0.15, 0.2) is 18.2 Å². The van der Waals surface area contributed by atoms with Crippen molar-refractivity contribution >= 4 is 12.0 Å². The molecule has 23 heavy (non-hydrogen) atoms. The third-order valence-electron chi connectivity index (χ3n) is 4.12. The van der Waals surface area contributed by atoms with E-state index in [4.69, 9.17) is 4.74 Å². The van der Waals surface area contributed by atoms with Crippen LogP contribution in [0.4, 0.5) is 0 Å². The lowest BCUT2D eigenvalue weighted by molar-refractivity contribution is -0.137. The van der Waals surface area contributed by atoms with Crippen molar-refractivity contribution in [2.24, 2.45) is 0 Å². The van der Waals surface area contributed by atoms with Gasteiger partial charge in [0.05, 0.1) is 18.3 Å².